The van der Waals surface area contributed by atoms with Crippen molar-refractivity contribution in [1.29, 1.82) is 0 Å². The highest BCUT2D eigenvalue weighted by molar-refractivity contribution is 5.81. The van der Waals surface area contributed by atoms with Crippen molar-refractivity contribution in [3.8, 4) is 0 Å². The summed E-state index contributed by atoms with van der Waals surface area (Å²) in [5, 5.41) is 0. The van der Waals surface area contributed by atoms with E-state index < -0.39 is 6.03 Å². The molecule has 0 radical (unpaired) electrons. The number of hydrogen-bond acceptors (Lipinski definition) is 2. The minimum absolute atomic E-state index is 0.0251. The van der Waals surface area contributed by atoms with Crippen molar-refractivity contribution in [2.24, 2.45) is 11.7 Å². The van der Waals surface area contributed by atoms with Gasteiger partial charge in [0.25, 0.3) is 0 Å². The molecule has 0 aromatic carbocycles. The van der Waals surface area contributed by atoms with E-state index in [0.29, 0.717) is 0 Å². The number of carbonyl (C=O) groups is 2. The molecule has 0 aliphatic heterocycles. The zero-order chi connectivity index (χ0) is 11.1. The van der Waals surface area contributed by atoms with Crippen molar-refractivity contribution >= 4 is 11.9 Å². The zero-order valence-corrected chi connectivity index (χ0v) is 8.92. The van der Waals surface area contributed by atoms with Crippen LogP contribution in [-0.2, 0) is 4.79 Å². The minimum Gasteiger partial charge on any atom is -0.350 e. The molecule has 0 bridgehead atoms. The summed E-state index contributed by atoms with van der Waals surface area (Å²) in [5.74, 6) is -0.0900. The monoisotopic (exact) mass is 213 g/mol. The van der Waals surface area contributed by atoms with Gasteiger partial charge < -0.3 is 5.73 Å². The summed E-state index contributed by atoms with van der Waals surface area (Å²) in [6.45, 7) is 0. The second-order valence-corrected chi connectivity index (χ2v) is 4.02. The maximum Gasteiger partial charge on any atom is 0.330 e. The molecular formula is C10H19N3O2. The van der Waals surface area contributed by atoms with E-state index in [9.17, 15) is 9.59 Å². The van der Waals surface area contributed by atoms with Gasteiger partial charge >= 0.3 is 6.03 Å². The predicted molar refractivity (Wildman–Crippen MR) is 56.7 cm³/mol. The van der Waals surface area contributed by atoms with Crippen LogP contribution in [-0.4, -0.2) is 11.9 Å². The van der Waals surface area contributed by atoms with E-state index in [0.717, 1.165) is 25.7 Å². The summed E-state index contributed by atoms with van der Waals surface area (Å²) in [4.78, 5) is 22.0. The normalized spacial score (nSPS) is 18.7. The largest absolute Gasteiger partial charge is 0.350 e. The van der Waals surface area contributed by atoms with Crippen molar-refractivity contribution in [2.45, 2.75) is 44.9 Å². The number of primary amides is 1. The summed E-state index contributed by atoms with van der Waals surface area (Å²) in [7, 11) is 0. The molecule has 5 nitrogen and oxygen atoms in total. The Morgan fingerprint density at radius 1 is 0.933 bits per heavy atom. The summed E-state index contributed by atoms with van der Waals surface area (Å²) in [5.41, 5.74) is 9.32. The van der Waals surface area contributed by atoms with Crippen LogP contribution in [0.15, 0.2) is 0 Å². The Bertz CT molecular complexity index is 223. The molecular weight excluding hydrogens is 194 g/mol. The van der Waals surface area contributed by atoms with Crippen LogP contribution in [0.2, 0.25) is 0 Å². The third kappa shape index (κ3) is 4.67. The molecule has 3 amide bonds. The zero-order valence-electron chi connectivity index (χ0n) is 8.92. The number of urea groups is 1. The molecule has 1 saturated carbocycles. The van der Waals surface area contributed by atoms with Gasteiger partial charge in [-0.05, 0) is 12.8 Å². The van der Waals surface area contributed by atoms with Gasteiger partial charge in [-0.1, -0.05) is 32.1 Å². The summed E-state index contributed by atoms with van der Waals surface area (Å²) < 4.78 is 0. The van der Waals surface area contributed by atoms with Crippen molar-refractivity contribution in [1.82, 2.24) is 10.9 Å². The average Bonchev–Trinajstić information content (AvgIpc) is 2.13. The predicted octanol–water partition coefficient (Wildman–Crippen LogP) is 1.05. The number of nitrogens with two attached hydrogens (primary N) is 1. The maximum atomic E-state index is 11.6. The first kappa shape index (κ1) is 11.8. The Labute approximate surface area is 89.8 Å². The number of rotatable bonds is 1. The average molecular weight is 213 g/mol. The SMILES string of the molecule is NC(=O)NNC(=O)C1CCCCCCC1. The fourth-order valence-corrected chi connectivity index (χ4v) is 1.94. The number of carbonyl (C=O) groups excluding carboxylic acids is 2. The highest BCUT2D eigenvalue weighted by Gasteiger charge is 2.19. The molecule has 15 heavy (non-hydrogen) atoms. The number of hydrazine groups is 1. The lowest BCUT2D eigenvalue weighted by molar-refractivity contribution is -0.126. The van der Waals surface area contributed by atoms with Gasteiger partial charge in [-0.3, -0.25) is 10.2 Å². The number of amides is 3. The van der Waals surface area contributed by atoms with E-state index in [4.69, 9.17) is 5.73 Å². The van der Waals surface area contributed by atoms with E-state index >= 15 is 0 Å². The quantitative estimate of drug-likeness (QED) is 0.569. The molecule has 5 heteroatoms. The molecule has 86 valence electrons. The lowest BCUT2D eigenvalue weighted by atomic mass is 9.91. The van der Waals surface area contributed by atoms with Gasteiger partial charge in [-0.25, -0.2) is 10.2 Å². The van der Waals surface area contributed by atoms with Crippen LogP contribution >= 0.6 is 0 Å². The third-order valence-electron chi connectivity index (χ3n) is 2.78. The van der Waals surface area contributed by atoms with Crippen LogP contribution in [0.3, 0.4) is 0 Å². The minimum atomic E-state index is -0.728. The van der Waals surface area contributed by atoms with Gasteiger partial charge in [0.05, 0.1) is 0 Å². The van der Waals surface area contributed by atoms with Crippen molar-refractivity contribution < 1.29 is 9.59 Å². The second kappa shape index (κ2) is 6.27. The van der Waals surface area contributed by atoms with Crippen molar-refractivity contribution in [3.05, 3.63) is 0 Å². The molecule has 0 aromatic heterocycles. The molecule has 0 heterocycles. The molecule has 4 N–H and O–H groups in total. The first-order valence-electron chi connectivity index (χ1n) is 5.55. The van der Waals surface area contributed by atoms with E-state index in [-0.39, 0.29) is 11.8 Å². The highest BCUT2D eigenvalue weighted by Crippen LogP contribution is 2.21. The van der Waals surface area contributed by atoms with Gasteiger partial charge in [0.2, 0.25) is 5.91 Å². The Kier molecular flexibility index (Phi) is 4.93. The molecule has 1 rings (SSSR count). The highest BCUT2D eigenvalue weighted by atomic mass is 16.2. The Hall–Kier alpha value is -1.26. The van der Waals surface area contributed by atoms with Gasteiger partial charge in [-0.15, -0.1) is 0 Å². The fraction of sp³-hybridized carbons (Fsp3) is 0.800. The van der Waals surface area contributed by atoms with Gasteiger partial charge in [0, 0.05) is 5.92 Å². The van der Waals surface area contributed by atoms with Crippen molar-refractivity contribution in [2.75, 3.05) is 0 Å². The smallest absolute Gasteiger partial charge is 0.330 e. The van der Waals surface area contributed by atoms with Gasteiger partial charge in [-0.2, -0.15) is 0 Å². The standard InChI is InChI=1S/C10H19N3O2/c11-10(15)13-12-9(14)8-6-4-2-1-3-5-7-8/h8H,1-7H2,(H,12,14)(H3,11,13,15). The molecule has 1 aliphatic carbocycles. The fourth-order valence-electron chi connectivity index (χ4n) is 1.94. The summed E-state index contributed by atoms with van der Waals surface area (Å²) in [6, 6.07) is -0.728. The molecule has 1 aliphatic rings. The Balaban J connectivity index is 2.31. The van der Waals surface area contributed by atoms with Crippen LogP contribution < -0.4 is 16.6 Å². The molecule has 0 atom stereocenters. The van der Waals surface area contributed by atoms with E-state index in [1.807, 2.05) is 0 Å². The molecule has 0 aromatic rings. The number of nitrogens with one attached hydrogen (secondary N) is 2. The van der Waals surface area contributed by atoms with E-state index in [1.165, 1.54) is 19.3 Å². The van der Waals surface area contributed by atoms with E-state index in [2.05, 4.69) is 10.9 Å². The molecule has 0 unspecified atom stereocenters. The van der Waals surface area contributed by atoms with Crippen LogP contribution in [0.5, 0.6) is 0 Å². The Morgan fingerprint density at radius 3 is 2.00 bits per heavy atom. The maximum absolute atomic E-state index is 11.6. The molecule has 1 fully saturated rings. The second-order valence-electron chi connectivity index (χ2n) is 4.02. The van der Waals surface area contributed by atoms with E-state index in [1.54, 1.807) is 0 Å². The van der Waals surface area contributed by atoms with Crippen LogP contribution in [0, 0.1) is 5.92 Å². The topological polar surface area (TPSA) is 84.2 Å². The molecule has 0 saturated heterocycles. The molecule has 0 spiro atoms. The van der Waals surface area contributed by atoms with Crippen LogP contribution in [0.25, 0.3) is 0 Å². The lowest BCUT2D eigenvalue weighted by Crippen LogP contribution is -2.47. The summed E-state index contributed by atoms with van der Waals surface area (Å²) >= 11 is 0. The number of hydrogen-bond donors (Lipinski definition) is 3. The van der Waals surface area contributed by atoms with Gasteiger partial charge in [0.15, 0.2) is 0 Å². The van der Waals surface area contributed by atoms with Gasteiger partial charge in [0.1, 0.15) is 0 Å². The third-order valence-corrected chi connectivity index (χ3v) is 2.78. The first-order valence-corrected chi connectivity index (χ1v) is 5.55. The van der Waals surface area contributed by atoms with Crippen LogP contribution in [0.4, 0.5) is 4.79 Å². The summed E-state index contributed by atoms with van der Waals surface area (Å²) in [6.07, 6.45) is 7.68. The van der Waals surface area contributed by atoms with Crippen LogP contribution in [0.1, 0.15) is 44.9 Å². The first-order chi connectivity index (χ1) is 7.20. The van der Waals surface area contributed by atoms with Crippen molar-refractivity contribution in [3.63, 3.8) is 0 Å². The lowest BCUT2D eigenvalue weighted by Gasteiger charge is -2.18. The Morgan fingerprint density at radius 2 is 1.47 bits per heavy atom.